The van der Waals surface area contributed by atoms with Gasteiger partial charge >= 0.3 is 14.8 Å². The summed E-state index contributed by atoms with van der Waals surface area (Å²) in [5.41, 5.74) is 0.275. The van der Waals surface area contributed by atoms with Crippen molar-refractivity contribution in [3.05, 3.63) is 30.7 Å². The minimum absolute atomic E-state index is 0.00797. The molecule has 0 spiro atoms. The third kappa shape index (κ3) is 4.31. The van der Waals surface area contributed by atoms with Crippen LogP contribution in [0.25, 0.3) is 10.9 Å². The molecule has 2 amide bonds. The summed E-state index contributed by atoms with van der Waals surface area (Å²) in [7, 11) is 0.775. The second-order valence-corrected chi connectivity index (χ2v) is 7.08. The minimum atomic E-state index is -1.58. The van der Waals surface area contributed by atoms with Crippen molar-refractivity contribution in [3.63, 3.8) is 0 Å². The zero-order valence-electron chi connectivity index (χ0n) is 17.1. The molecule has 2 aromatic rings. The van der Waals surface area contributed by atoms with Gasteiger partial charge < -0.3 is 19.1 Å². The molecule has 32 heavy (non-hydrogen) atoms. The van der Waals surface area contributed by atoms with Crippen LogP contribution in [0.5, 0.6) is 5.75 Å². The molecule has 0 radical (unpaired) electrons. The number of piperazine rings is 1. The molecule has 1 saturated heterocycles. The number of hydrogen-bond donors (Lipinski definition) is 1. The molecule has 3 rings (SSSR count). The van der Waals surface area contributed by atoms with E-state index in [-0.39, 0.29) is 55.4 Å². The summed E-state index contributed by atoms with van der Waals surface area (Å²) in [4.78, 5) is 43.3. The van der Waals surface area contributed by atoms with Gasteiger partial charge in [-0.2, -0.15) is 0 Å². The number of Topliss-reactive ketones (excluding diaryl/α,β-unsaturated/α-hetero) is 1. The molecule has 0 aliphatic carbocycles. The number of ether oxygens (including phenoxy) is 1. The number of nitrogens with zero attached hydrogens (tertiary/aromatic N) is 5. The number of rotatable bonds is 8. The number of nitrogens with two attached hydrogens (primary N) is 1. The number of carbonyl (C=O) groups excluding carboxylic acids is 3. The summed E-state index contributed by atoms with van der Waals surface area (Å²) < 4.78 is 35.4. The van der Waals surface area contributed by atoms with Gasteiger partial charge in [0.2, 0.25) is 0 Å². The first-order valence-electron chi connectivity index (χ1n) is 9.29. The monoisotopic (exact) mass is 466 g/mol. The molecule has 2 N–H and O–H groups in total. The molecule has 170 valence electrons. The third-order valence-electron chi connectivity index (χ3n) is 5.01. The number of methoxy groups -OCH3 is 1. The van der Waals surface area contributed by atoms with E-state index in [2.05, 4.69) is 11.6 Å². The topological polar surface area (TPSA) is 140 Å². The molecule has 0 unspecified atom stereocenters. The fourth-order valence-corrected chi connectivity index (χ4v) is 3.60. The van der Waals surface area contributed by atoms with Crippen LogP contribution in [0.4, 0.5) is 15.0 Å². The number of amides is 2. The summed E-state index contributed by atoms with van der Waals surface area (Å²) >= 11 is 0. The molecule has 0 bridgehead atoms. The van der Waals surface area contributed by atoms with E-state index in [1.807, 2.05) is 0 Å². The van der Waals surface area contributed by atoms with Crippen LogP contribution < -0.4 is 15.6 Å². The van der Waals surface area contributed by atoms with Crippen molar-refractivity contribution < 1.29 is 32.6 Å². The van der Waals surface area contributed by atoms with Crippen molar-refractivity contribution in [2.45, 2.75) is 6.73 Å². The highest BCUT2D eigenvalue weighted by Gasteiger charge is 2.32. The van der Waals surface area contributed by atoms with E-state index in [1.54, 1.807) is 0 Å². The summed E-state index contributed by atoms with van der Waals surface area (Å²) in [6.07, 6.45) is 2.39. The lowest BCUT2D eigenvalue weighted by molar-refractivity contribution is -0.127. The van der Waals surface area contributed by atoms with E-state index < -0.39 is 26.5 Å². The Morgan fingerprint density at radius 1 is 1.31 bits per heavy atom. The van der Waals surface area contributed by atoms with Gasteiger partial charge in [0.05, 0.1) is 29.8 Å². The Bertz CT molecular complexity index is 1080. The van der Waals surface area contributed by atoms with Gasteiger partial charge in [-0.15, -0.1) is 4.39 Å². The largest absolute Gasteiger partial charge is 0.494 e. The Kier molecular flexibility index (Phi) is 7.13. The Labute approximate surface area is 183 Å². The van der Waals surface area contributed by atoms with E-state index in [0.29, 0.717) is 5.52 Å². The lowest BCUT2D eigenvalue weighted by Crippen LogP contribution is -2.51. The van der Waals surface area contributed by atoms with Crippen LogP contribution in [0.15, 0.2) is 25.2 Å². The van der Waals surface area contributed by atoms with Crippen LogP contribution in [0, 0.1) is 0 Å². The normalized spacial score (nSPS) is 14.0. The fraction of sp³-hybridized carbons (Fsp3) is 0.333. The lowest BCUT2D eigenvalue weighted by Gasteiger charge is -2.32. The molecular formula is C18H20FN6O6P. The first-order chi connectivity index (χ1) is 15.3. The van der Waals surface area contributed by atoms with Gasteiger partial charge in [-0.3, -0.25) is 19.1 Å². The molecule has 2 aromatic heterocycles. The van der Waals surface area contributed by atoms with Crippen LogP contribution in [-0.2, 0) is 20.6 Å². The van der Waals surface area contributed by atoms with Crippen molar-refractivity contribution >= 4 is 43.3 Å². The van der Waals surface area contributed by atoms with Gasteiger partial charge in [0.1, 0.15) is 12.5 Å². The van der Waals surface area contributed by atoms with Crippen molar-refractivity contribution in [1.82, 2.24) is 19.4 Å². The van der Waals surface area contributed by atoms with Crippen LogP contribution in [-0.4, -0.2) is 70.5 Å². The quantitative estimate of drug-likeness (QED) is 0.116. The SMILES string of the molecule is C=CN(N)c1ncc(OC)c2c(C(=O)C(=O)N3CCN(C(=O)F)CC3)cn(COP=O)c12. The maximum absolute atomic E-state index is 13.2. The smallest absolute Gasteiger partial charge is 0.400 e. The minimum Gasteiger partial charge on any atom is -0.494 e. The predicted molar refractivity (Wildman–Crippen MR) is 111 cm³/mol. The molecule has 0 saturated carbocycles. The average Bonchev–Trinajstić information content (AvgIpc) is 3.20. The van der Waals surface area contributed by atoms with Crippen molar-refractivity contribution in [2.75, 3.05) is 38.3 Å². The Morgan fingerprint density at radius 2 is 1.97 bits per heavy atom. The number of halogens is 1. The number of aromatic nitrogens is 2. The predicted octanol–water partition coefficient (Wildman–Crippen LogP) is 1.47. The summed E-state index contributed by atoms with van der Waals surface area (Å²) in [6, 6.07) is 0. The zero-order valence-corrected chi connectivity index (χ0v) is 18.0. The van der Waals surface area contributed by atoms with E-state index in [0.717, 1.165) is 9.91 Å². The van der Waals surface area contributed by atoms with Gasteiger partial charge in [0.25, 0.3) is 11.7 Å². The van der Waals surface area contributed by atoms with Crippen molar-refractivity contribution in [2.24, 2.45) is 5.84 Å². The lowest BCUT2D eigenvalue weighted by atomic mass is 10.1. The van der Waals surface area contributed by atoms with E-state index in [4.69, 9.17) is 15.1 Å². The number of carbonyl (C=O) groups is 3. The standard InChI is InChI=1S/C18H20FN6O6P/c1-3-25(20)16-14-13(12(30-2)8-21-16)11(9-24(14)10-31-32-29)15(26)17(27)22-4-6-23(7-5-22)18(19)28/h3,8-9H,1,4-7,10,20H2,2H3. The van der Waals surface area contributed by atoms with Gasteiger partial charge in [-0.25, -0.2) is 20.2 Å². The highest BCUT2D eigenvalue weighted by Crippen LogP contribution is 2.36. The van der Waals surface area contributed by atoms with Crippen LogP contribution in [0.3, 0.4) is 0 Å². The third-order valence-corrected chi connectivity index (χ3v) is 5.23. The van der Waals surface area contributed by atoms with Gasteiger partial charge in [0, 0.05) is 38.6 Å². The molecule has 1 aliphatic heterocycles. The Hall–Kier alpha value is -3.41. The molecule has 14 heteroatoms. The second-order valence-electron chi connectivity index (χ2n) is 6.67. The highest BCUT2D eigenvalue weighted by atomic mass is 31.1. The number of hydrazine groups is 1. The summed E-state index contributed by atoms with van der Waals surface area (Å²) in [5.74, 6) is 4.62. The van der Waals surface area contributed by atoms with Crippen LogP contribution >= 0.6 is 8.69 Å². The highest BCUT2D eigenvalue weighted by molar-refractivity contribution is 7.17. The number of fused-ring (bicyclic) bond motifs is 1. The molecule has 12 nitrogen and oxygen atoms in total. The number of pyridine rings is 1. The maximum Gasteiger partial charge on any atom is 0.400 e. The second kappa shape index (κ2) is 9.81. The van der Waals surface area contributed by atoms with Crippen molar-refractivity contribution in [1.29, 1.82) is 0 Å². The van der Waals surface area contributed by atoms with Gasteiger partial charge in [0.15, 0.2) is 5.82 Å². The number of hydrogen-bond acceptors (Lipinski definition) is 9. The molecule has 0 aromatic carbocycles. The number of anilines is 1. The zero-order chi connectivity index (χ0) is 23.4. The first-order valence-corrected chi connectivity index (χ1v) is 10.0. The Balaban J connectivity index is 2.06. The van der Waals surface area contributed by atoms with Gasteiger partial charge in [-0.1, -0.05) is 6.58 Å². The van der Waals surface area contributed by atoms with E-state index in [1.165, 1.54) is 35.2 Å². The molecule has 1 fully saturated rings. The first kappa shape index (κ1) is 23.3. The van der Waals surface area contributed by atoms with Crippen LogP contribution in [0.2, 0.25) is 0 Å². The van der Waals surface area contributed by atoms with Crippen LogP contribution in [0.1, 0.15) is 10.4 Å². The average molecular weight is 466 g/mol. The molecule has 0 atom stereocenters. The molecule has 1 aliphatic rings. The van der Waals surface area contributed by atoms with E-state index in [9.17, 15) is 23.3 Å². The summed E-state index contributed by atoms with van der Waals surface area (Å²) in [5, 5.41) is 1.35. The van der Waals surface area contributed by atoms with Gasteiger partial charge in [-0.05, 0) is 0 Å². The molecule has 3 heterocycles. The van der Waals surface area contributed by atoms with E-state index >= 15 is 0 Å². The molecular weight excluding hydrogens is 446 g/mol. The fourth-order valence-electron chi connectivity index (χ4n) is 3.43. The maximum atomic E-state index is 13.2. The Morgan fingerprint density at radius 3 is 2.53 bits per heavy atom. The van der Waals surface area contributed by atoms with Crippen molar-refractivity contribution in [3.8, 4) is 5.75 Å². The number of ketones is 1. The summed E-state index contributed by atoms with van der Waals surface area (Å²) in [6.45, 7) is 3.31.